The summed E-state index contributed by atoms with van der Waals surface area (Å²) in [6.07, 6.45) is 1.46. The van der Waals surface area contributed by atoms with Crippen molar-refractivity contribution in [2.24, 2.45) is 5.10 Å². The summed E-state index contributed by atoms with van der Waals surface area (Å²) in [5.41, 5.74) is 3.38. The lowest BCUT2D eigenvalue weighted by atomic mass is 10.2. The molecule has 2 aromatic carbocycles. The predicted octanol–water partition coefficient (Wildman–Crippen LogP) is 1.59. The Bertz CT molecular complexity index is 814. The number of carbonyl (C=O) groups excluding carboxylic acids is 2. The van der Waals surface area contributed by atoms with Crippen LogP contribution in [0.15, 0.2) is 47.6 Å². The van der Waals surface area contributed by atoms with Crippen molar-refractivity contribution in [3.63, 3.8) is 0 Å². The van der Waals surface area contributed by atoms with Gasteiger partial charge in [0.1, 0.15) is 17.2 Å². The quantitative estimate of drug-likeness (QED) is 0.542. The van der Waals surface area contributed by atoms with Crippen LogP contribution in [0.25, 0.3) is 0 Å². The molecule has 8 heteroatoms. The van der Waals surface area contributed by atoms with E-state index in [0.717, 1.165) is 0 Å². The highest BCUT2D eigenvalue weighted by Crippen LogP contribution is 2.22. The van der Waals surface area contributed by atoms with Gasteiger partial charge in [0.15, 0.2) is 0 Å². The molecule has 0 saturated carbocycles. The number of ether oxygens (including phenoxy) is 3. The first-order chi connectivity index (χ1) is 13.1. The third-order valence-electron chi connectivity index (χ3n) is 3.55. The minimum Gasteiger partial charge on any atom is -0.497 e. The van der Waals surface area contributed by atoms with E-state index in [1.807, 2.05) is 12.1 Å². The lowest BCUT2D eigenvalue weighted by molar-refractivity contribution is -0.120. The second kappa shape index (κ2) is 9.81. The predicted molar refractivity (Wildman–Crippen MR) is 101 cm³/mol. The van der Waals surface area contributed by atoms with Crippen LogP contribution in [-0.4, -0.2) is 45.9 Å². The SMILES string of the molecule is COc1cc(OC)cc(C(=O)NCC(=O)N/N=C\c2ccccc2OC)c1. The molecule has 0 aliphatic heterocycles. The Morgan fingerprint density at radius 2 is 1.67 bits per heavy atom. The van der Waals surface area contributed by atoms with Gasteiger partial charge in [-0.1, -0.05) is 12.1 Å². The van der Waals surface area contributed by atoms with E-state index < -0.39 is 11.8 Å². The van der Waals surface area contributed by atoms with E-state index in [2.05, 4.69) is 15.8 Å². The van der Waals surface area contributed by atoms with E-state index in [4.69, 9.17) is 14.2 Å². The zero-order chi connectivity index (χ0) is 19.6. The number of hydrogen-bond donors (Lipinski definition) is 2. The van der Waals surface area contributed by atoms with Crippen molar-refractivity contribution >= 4 is 18.0 Å². The van der Waals surface area contributed by atoms with Crippen LogP contribution in [0.4, 0.5) is 0 Å². The van der Waals surface area contributed by atoms with Gasteiger partial charge in [0, 0.05) is 17.2 Å². The summed E-state index contributed by atoms with van der Waals surface area (Å²) >= 11 is 0. The van der Waals surface area contributed by atoms with Crippen LogP contribution in [0.1, 0.15) is 15.9 Å². The molecule has 2 rings (SSSR count). The van der Waals surface area contributed by atoms with Gasteiger partial charge in [-0.3, -0.25) is 9.59 Å². The van der Waals surface area contributed by atoms with Crippen molar-refractivity contribution in [1.29, 1.82) is 0 Å². The Kier molecular flexibility index (Phi) is 7.18. The summed E-state index contributed by atoms with van der Waals surface area (Å²) in [6.45, 7) is -0.235. The normalized spacial score (nSPS) is 10.3. The number of para-hydroxylation sites is 1. The fraction of sp³-hybridized carbons (Fsp3) is 0.211. The third-order valence-corrected chi connectivity index (χ3v) is 3.55. The number of hydrazone groups is 1. The van der Waals surface area contributed by atoms with Gasteiger partial charge in [-0.05, 0) is 24.3 Å². The van der Waals surface area contributed by atoms with Gasteiger partial charge in [0.25, 0.3) is 11.8 Å². The summed E-state index contributed by atoms with van der Waals surface area (Å²) in [6, 6.07) is 12.0. The van der Waals surface area contributed by atoms with Gasteiger partial charge in [0.2, 0.25) is 0 Å². The summed E-state index contributed by atoms with van der Waals surface area (Å²) in [7, 11) is 4.53. The zero-order valence-electron chi connectivity index (χ0n) is 15.3. The van der Waals surface area contributed by atoms with E-state index in [1.165, 1.54) is 20.4 Å². The fourth-order valence-corrected chi connectivity index (χ4v) is 2.19. The van der Waals surface area contributed by atoms with Crippen LogP contribution in [0.3, 0.4) is 0 Å². The second-order valence-electron chi connectivity index (χ2n) is 5.32. The first-order valence-electron chi connectivity index (χ1n) is 8.03. The van der Waals surface area contributed by atoms with Crippen LogP contribution in [0.5, 0.6) is 17.2 Å². The van der Waals surface area contributed by atoms with Crippen molar-refractivity contribution in [3.05, 3.63) is 53.6 Å². The fourth-order valence-electron chi connectivity index (χ4n) is 2.19. The number of methoxy groups -OCH3 is 3. The molecule has 27 heavy (non-hydrogen) atoms. The average Bonchev–Trinajstić information content (AvgIpc) is 2.71. The number of carbonyl (C=O) groups is 2. The van der Waals surface area contributed by atoms with Crippen molar-refractivity contribution < 1.29 is 23.8 Å². The van der Waals surface area contributed by atoms with E-state index >= 15 is 0 Å². The topological polar surface area (TPSA) is 98.2 Å². The molecule has 2 amide bonds. The average molecular weight is 371 g/mol. The standard InChI is InChI=1S/C19H21N3O5/c1-25-15-8-14(9-16(10-15)26-2)19(24)20-12-18(23)22-21-11-13-6-4-5-7-17(13)27-3/h4-11H,12H2,1-3H3,(H,20,24)(H,22,23)/b21-11-. The molecule has 0 aliphatic carbocycles. The Morgan fingerprint density at radius 1 is 1.00 bits per heavy atom. The van der Waals surface area contributed by atoms with Crippen LogP contribution < -0.4 is 25.0 Å². The molecule has 0 atom stereocenters. The summed E-state index contributed by atoms with van der Waals surface area (Å²) < 4.78 is 15.4. The maximum Gasteiger partial charge on any atom is 0.259 e. The molecular weight excluding hydrogens is 350 g/mol. The molecule has 0 radical (unpaired) electrons. The minimum absolute atomic E-state index is 0.235. The molecule has 0 heterocycles. The summed E-state index contributed by atoms with van der Waals surface area (Å²) in [5, 5.41) is 6.37. The number of nitrogens with zero attached hydrogens (tertiary/aromatic N) is 1. The first-order valence-corrected chi connectivity index (χ1v) is 8.03. The molecular formula is C19H21N3O5. The number of hydrogen-bond acceptors (Lipinski definition) is 6. The monoisotopic (exact) mass is 371 g/mol. The van der Waals surface area contributed by atoms with E-state index in [-0.39, 0.29) is 6.54 Å². The van der Waals surface area contributed by atoms with Crippen molar-refractivity contribution in [2.75, 3.05) is 27.9 Å². The van der Waals surface area contributed by atoms with Gasteiger partial charge in [-0.15, -0.1) is 0 Å². The Balaban J connectivity index is 1.90. The lowest BCUT2D eigenvalue weighted by Crippen LogP contribution is -2.34. The van der Waals surface area contributed by atoms with Crippen LogP contribution in [0, 0.1) is 0 Å². The minimum atomic E-state index is -0.468. The highest BCUT2D eigenvalue weighted by molar-refractivity contribution is 5.97. The van der Waals surface area contributed by atoms with Crippen molar-refractivity contribution in [3.8, 4) is 17.2 Å². The van der Waals surface area contributed by atoms with E-state index in [9.17, 15) is 9.59 Å². The first kappa shape index (κ1) is 19.8. The van der Waals surface area contributed by atoms with Gasteiger partial charge in [0.05, 0.1) is 34.1 Å². The highest BCUT2D eigenvalue weighted by Gasteiger charge is 2.11. The van der Waals surface area contributed by atoms with Gasteiger partial charge in [-0.25, -0.2) is 5.43 Å². The Morgan fingerprint density at radius 3 is 2.30 bits per heavy atom. The molecule has 8 nitrogen and oxygen atoms in total. The second-order valence-corrected chi connectivity index (χ2v) is 5.32. The zero-order valence-corrected chi connectivity index (χ0v) is 15.3. The molecule has 0 bridgehead atoms. The highest BCUT2D eigenvalue weighted by atomic mass is 16.5. The molecule has 0 unspecified atom stereocenters. The Hall–Kier alpha value is -3.55. The van der Waals surface area contributed by atoms with Crippen molar-refractivity contribution in [2.45, 2.75) is 0 Å². The number of nitrogens with one attached hydrogen (secondary N) is 2. The molecule has 2 aromatic rings. The molecule has 0 saturated heterocycles. The third kappa shape index (κ3) is 5.74. The lowest BCUT2D eigenvalue weighted by Gasteiger charge is -2.09. The largest absolute Gasteiger partial charge is 0.497 e. The van der Waals surface area contributed by atoms with E-state index in [0.29, 0.717) is 28.4 Å². The Labute approximate surface area is 157 Å². The maximum atomic E-state index is 12.2. The van der Waals surface area contributed by atoms with Gasteiger partial charge in [-0.2, -0.15) is 5.10 Å². The van der Waals surface area contributed by atoms with Crippen molar-refractivity contribution in [1.82, 2.24) is 10.7 Å². The summed E-state index contributed by atoms with van der Waals surface area (Å²) in [5.74, 6) is 0.687. The molecule has 0 aliphatic rings. The van der Waals surface area contributed by atoms with Crippen LogP contribution in [0.2, 0.25) is 0 Å². The van der Waals surface area contributed by atoms with Crippen LogP contribution >= 0.6 is 0 Å². The maximum absolute atomic E-state index is 12.2. The van der Waals surface area contributed by atoms with Gasteiger partial charge >= 0.3 is 0 Å². The smallest absolute Gasteiger partial charge is 0.259 e. The molecule has 0 spiro atoms. The van der Waals surface area contributed by atoms with Crippen LogP contribution in [-0.2, 0) is 4.79 Å². The number of amides is 2. The molecule has 142 valence electrons. The number of benzene rings is 2. The van der Waals surface area contributed by atoms with Gasteiger partial charge < -0.3 is 19.5 Å². The molecule has 2 N–H and O–H groups in total. The molecule has 0 fully saturated rings. The summed E-state index contributed by atoms with van der Waals surface area (Å²) in [4.78, 5) is 24.1. The molecule has 0 aromatic heterocycles. The number of rotatable bonds is 8. The van der Waals surface area contributed by atoms with E-state index in [1.54, 1.807) is 37.4 Å².